The number of aliphatic imine (C=N–C) groups is 1. The summed E-state index contributed by atoms with van der Waals surface area (Å²) >= 11 is 4.65. The van der Waals surface area contributed by atoms with Crippen LogP contribution in [0.15, 0.2) is 88.7 Å². The summed E-state index contributed by atoms with van der Waals surface area (Å²) in [6, 6.07) is 20.0. The molecule has 10 nitrogen and oxygen atoms in total. The summed E-state index contributed by atoms with van der Waals surface area (Å²) in [5, 5.41) is 14.4. The van der Waals surface area contributed by atoms with Crippen molar-refractivity contribution in [1.29, 1.82) is 0 Å². The van der Waals surface area contributed by atoms with Crippen molar-refractivity contribution in [1.82, 2.24) is 34.9 Å². The van der Waals surface area contributed by atoms with Gasteiger partial charge in [0.05, 0.1) is 17.4 Å². The second-order valence-corrected chi connectivity index (χ2v) is 10.5. The lowest BCUT2D eigenvalue weighted by molar-refractivity contribution is 0.130. The number of benzene rings is 2. The minimum absolute atomic E-state index is 0.446. The summed E-state index contributed by atoms with van der Waals surface area (Å²) in [7, 11) is 0. The number of hydrogen-bond acceptors (Lipinski definition) is 11. The maximum atomic E-state index is 6.10. The van der Waals surface area contributed by atoms with E-state index < -0.39 is 0 Å². The molecule has 11 heteroatoms. The SMILES string of the molecule is Cc1ccc(-c2nnc(-c3ccc(CN4CCN(CCN=C=S)CC4)cc3)o2)cc1Nc1nccc(-c2cccnc2)n1. The summed E-state index contributed by atoms with van der Waals surface area (Å²) in [5.74, 6) is 1.42. The monoisotopic (exact) mass is 589 g/mol. The standard InChI is InChI=1S/C32H31N9OS/c1-23-4-7-26(19-29(23)37-32-35-12-10-28(36-32)27-3-2-11-33-20-27)31-39-38-30(42-31)25-8-5-24(6-9-25)21-41-17-15-40(16-18-41)14-13-34-22-43/h2-12,19-20H,13-18,21H2,1H3,(H,35,36,37). The summed E-state index contributed by atoms with van der Waals surface area (Å²) in [6.07, 6.45) is 5.25. The number of rotatable bonds is 10. The minimum atomic E-state index is 0.446. The Labute approximate surface area is 255 Å². The third kappa shape index (κ3) is 7.22. The van der Waals surface area contributed by atoms with Crippen molar-refractivity contribution in [3.8, 4) is 34.2 Å². The predicted molar refractivity (Wildman–Crippen MR) is 170 cm³/mol. The lowest BCUT2D eigenvalue weighted by Crippen LogP contribution is -2.46. The molecule has 1 aliphatic heterocycles. The van der Waals surface area contributed by atoms with Gasteiger partial charge in [0.2, 0.25) is 17.7 Å². The zero-order valence-corrected chi connectivity index (χ0v) is 24.7. The van der Waals surface area contributed by atoms with Gasteiger partial charge in [0.1, 0.15) is 0 Å². The molecule has 1 saturated heterocycles. The fourth-order valence-electron chi connectivity index (χ4n) is 4.98. The molecule has 0 radical (unpaired) electrons. The van der Waals surface area contributed by atoms with Crippen LogP contribution in [0.4, 0.5) is 11.6 Å². The summed E-state index contributed by atoms with van der Waals surface area (Å²) in [5.41, 5.74) is 6.56. The Balaban J connectivity index is 1.10. The van der Waals surface area contributed by atoms with Crippen LogP contribution in [0.25, 0.3) is 34.2 Å². The van der Waals surface area contributed by atoms with Crippen LogP contribution >= 0.6 is 12.2 Å². The van der Waals surface area contributed by atoms with Gasteiger partial charge in [-0.15, -0.1) is 10.2 Å². The number of pyridine rings is 1. The number of anilines is 2. The lowest BCUT2D eigenvalue weighted by atomic mass is 10.1. The van der Waals surface area contributed by atoms with Crippen LogP contribution in [0, 0.1) is 6.92 Å². The molecule has 216 valence electrons. The first-order valence-electron chi connectivity index (χ1n) is 14.2. The fraction of sp³-hybridized carbons (Fsp3) is 0.250. The maximum Gasteiger partial charge on any atom is 0.248 e. The molecule has 0 saturated carbocycles. The number of aryl methyl sites for hydroxylation is 1. The van der Waals surface area contributed by atoms with Crippen molar-refractivity contribution in [2.75, 3.05) is 44.6 Å². The largest absolute Gasteiger partial charge is 0.416 e. The number of nitrogens with one attached hydrogen (secondary N) is 1. The molecule has 6 rings (SSSR count). The van der Waals surface area contributed by atoms with Gasteiger partial charge in [-0.25, -0.2) is 15.0 Å². The van der Waals surface area contributed by atoms with Crippen molar-refractivity contribution in [3.05, 3.63) is 90.4 Å². The molecule has 0 unspecified atom stereocenters. The van der Waals surface area contributed by atoms with Gasteiger partial charge >= 0.3 is 0 Å². The quantitative estimate of drug-likeness (QED) is 0.165. The van der Waals surface area contributed by atoms with Crippen LogP contribution in [0.3, 0.4) is 0 Å². The van der Waals surface area contributed by atoms with Crippen LogP contribution in [-0.4, -0.2) is 79.4 Å². The maximum absolute atomic E-state index is 6.10. The number of aromatic nitrogens is 5. The Morgan fingerprint density at radius 3 is 2.44 bits per heavy atom. The first-order chi connectivity index (χ1) is 21.1. The van der Waals surface area contributed by atoms with Crippen LogP contribution in [0.1, 0.15) is 11.1 Å². The Morgan fingerprint density at radius 1 is 0.907 bits per heavy atom. The summed E-state index contributed by atoms with van der Waals surface area (Å²) in [6.45, 7) is 8.74. The highest BCUT2D eigenvalue weighted by Gasteiger charge is 2.17. The van der Waals surface area contributed by atoms with Gasteiger partial charge in [0, 0.05) is 80.2 Å². The first-order valence-corrected chi connectivity index (χ1v) is 14.6. The fourth-order valence-corrected chi connectivity index (χ4v) is 5.07. The van der Waals surface area contributed by atoms with E-state index in [0.717, 1.165) is 79.4 Å². The van der Waals surface area contributed by atoms with Gasteiger partial charge in [0.15, 0.2) is 0 Å². The highest BCUT2D eigenvalue weighted by atomic mass is 32.1. The lowest BCUT2D eigenvalue weighted by Gasteiger charge is -2.34. The molecule has 2 aromatic carbocycles. The summed E-state index contributed by atoms with van der Waals surface area (Å²) < 4.78 is 6.10. The number of piperazine rings is 1. The van der Waals surface area contributed by atoms with Gasteiger partial charge in [-0.05, 0) is 72.7 Å². The Morgan fingerprint density at radius 2 is 1.67 bits per heavy atom. The average molecular weight is 590 g/mol. The Bertz CT molecular complexity index is 1710. The van der Waals surface area contributed by atoms with Gasteiger partial charge in [-0.1, -0.05) is 18.2 Å². The number of thiocarbonyl (C=S) groups is 1. The first kappa shape index (κ1) is 28.4. The highest BCUT2D eigenvalue weighted by molar-refractivity contribution is 7.78. The zero-order chi connectivity index (χ0) is 29.4. The van der Waals surface area contributed by atoms with E-state index >= 15 is 0 Å². The Hall–Kier alpha value is -4.67. The van der Waals surface area contributed by atoms with E-state index in [4.69, 9.17) is 4.42 Å². The van der Waals surface area contributed by atoms with Crippen LogP contribution in [0.2, 0.25) is 0 Å². The zero-order valence-electron chi connectivity index (χ0n) is 23.8. The number of isothiocyanates is 1. The predicted octanol–water partition coefficient (Wildman–Crippen LogP) is 5.53. The third-order valence-corrected chi connectivity index (χ3v) is 7.56. The van der Waals surface area contributed by atoms with Crippen molar-refractivity contribution in [2.24, 2.45) is 4.99 Å². The molecule has 1 N–H and O–H groups in total. The van der Waals surface area contributed by atoms with Gasteiger partial charge in [-0.3, -0.25) is 14.8 Å². The molecule has 0 spiro atoms. The van der Waals surface area contributed by atoms with Crippen LogP contribution < -0.4 is 5.32 Å². The van der Waals surface area contributed by atoms with Crippen molar-refractivity contribution >= 4 is 29.0 Å². The molecular weight excluding hydrogens is 558 g/mol. The van der Waals surface area contributed by atoms with E-state index in [2.05, 4.69) is 74.8 Å². The van der Waals surface area contributed by atoms with E-state index in [1.54, 1.807) is 18.6 Å². The molecular formula is C32H31N9OS. The molecule has 0 atom stereocenters. The second-order valence-electron chi connectivity index (χ2n) is 10.4. The molecule has 5 aromatic rings. The van der Waals surface area contributed by atoms with Gasteiger partial charge in [0.25, 0.3) is 0 Å². The van der Waals surface area contributed by atoms with Crippen LogP contribution in [-0.2, 0) is 6.54 Å². The van der Waals surface area contributed by atoms with E-state index in [0.29, 0.717) is 17.7 Å². The van der Waals surface area contributed by atoms with E-state index in [1.807, 2.05) is 55.5 Å². The molecule has 0 amide bonds. The van der Waals surface area contributed by atoms with E-state index in [-0.39, 0.29) is 0 Å². The van der Waals surface area contributed by atoms with Gasteiger partial charge in [-0.2, -0.15) is 0 Å². The van der Waals surface area contributed by atoms with Crippen molar-refractivity contribution < 1.29 is 4.42 Å². The minimum Gasteiger partial charge on any atom is -0.416 e. The van der Waals surface area contributed by atoms with Gasteiger partial charge < -0.3 is 9.73 Å². The molecule has 1 fully saturated rings. The third-order valence-electron chi connectivity index (χ3n) is 7.43. The van der Waals surface area contributed by atoms with Crippen molar-refractivity contribution in [3.63, 3.8) is 0 Å². The summed E-state index contributed by atoms with van der Waals surface area (Å²) in [4.78, 5) is 22.2. The molecule has 1 aliphatic rings. The number of nitrogens with zero attached hydrogens (tertiary/aromatic N) is 8. The molecule has 43 heavy (non-hydrogen) atoms. The molecule has 4 heterocycles. The topological polar surface area (TPSA) is 108 Å². The molecule has 0 aliphatic carbocycles. The Kier molecular flexibility index (Phi) is 8.96. The normalized spacial score (nSPS) is 13.9. The molecule has 3 aromatic heterocycles. The number of hydrogen-bond donors (Lipinski definition) is 1. The van der Waals surface area contributed by atoms with E-state index in [1.165, 1.54) is 5.56 Å². The molecule has 0 bridgehead atoms. The van der Waals surface area contributed by atoms with E-state index in [9.17, 15) is 0 Å². The smallest absolute Gasteiger partial charge is 0.248 e. The highest BCUT2D eigenvalue weighted by Crippen LogP contribution is 2.29. The second kappa shape index (κ2) is 13.5. The van der Waals surface area contributed by atoms with Crippen molar-refractivity contribution in [2.45, 2.75) is 13.5 Å². The van der Waals surface area contributed by atoms with Crippen LogP contribution in [0.5, 0.6) is 0 Å². The average Bonchev–Trinajstić information content (AvgIpc) is 3.55.